The molecule has 6 nitrogen and oxygen atoms in total. The van der Waals surface area contributed by atoms with Gasteiger partial charge in [-0.05, 0) is 60.7 Å². The van der Waals surface area contributed by atoms with Crippen LogP contribution >= 0.6 is 27.3 Å². The van der Waals surface area contributed by atoms with E-state index in [0.717, 1.165) is 27.7 Å². The zero-order valence-electron chi connectivity index (χ0n) is 20.3. The van der Waals surface area contributed by atoms with Crippen LogP contribution in [0.15, 0.2) is 56.8 Å². The molecule has 0 aliphatic rings. The molecule has 0 atom stereocenters. The van der Waals surface area contributed by atoms with Gasteiger partial charge in [-0.3, -0.25) is 4.79 Å². The molecule has 1 aromatic heterocycles. The topological polar surface area (TPSA) is 71.7 Å². The van der Waals surface area contributed by atoms with E-state index >= 15 is 0 Å². The second kappa shape index (κ2) is 11.3. The van der Waals surface area contributed by atoms with Crippen molar-refractivity contribution in [3.8, 4) is 0 Å². The predicted octanol–water partition coefficient (Wildman–Crippen LogP) is 5.92. The quantitative estimate of drug-likeness (QED) is 0.323. The largest absolute Gasteiger partial charge is 0.316 e. The summed E-state index contributed by atoms with van der Waals surface area (Å²) in [6, 6.07) is 12.1. The third kappa shape index (κ3) is 6.24. The summed E-state index contributed by atoms with van der Waals surface area (Å²) in [6.07, 6.45) is 0.916. The normalized spacial score (nSPS) is 13.0. The fourth-order valence-electron chi connectivity index (χ4n) is 3.73. The fourth-order valence-corrected chi connectivity index (χ4v) is 7.10. The van der Waals surface area contributed by atoms with Gasteiger partial charge in [0.15, 0.2) is 4.80 Å². The van der Waals surface area contributed by atoms with E-state index in [1.165, 1.54) is 27.8 Å². The van der Waals surface area contributed by atoms with Gasteiger partial charge in [-0.15, -0.1) is 0 Å². The molecule has 9 heteroatoms. The van der Waals surface area contributed by atoms with E-state index in [-0.39, 0.29) is 22.6 Å². The van der Waals surface area contributed by atoms with E-state index in [1.807, 2.05) is 45.9 Å². The van der Waals surface area contributed by atoms with Gasteiger partial charge in [-0.25, -0.2) is 8.42 Å². The van der Waals surface area contributed by atoms with Crippen LogP contribution in [-0.2, 0) is 16.6 Å². The van der Waals surface area contributed by atoms with Crippen LogP contribution in [-0.4, -0.2) is 36.3 Å². The Hall–Kier alpha value is -1.81. The number of benzene rings is 2. The summed E-state index contributed by atoms with van der Waals surface area (Å²) >= 11 is 4.97. The van der Waals surface area contributed by atoms with Gasteiger partial charge < -0.3 is 4.57 Å². The van der Waals surface area contributed by atoms with Gasteiger partial charge in [-0.2, -0.15) is 9.30 Å². The number of halogens is 1. The Balaban J connectivity index is 1.94. The summed E-state index contributed by atoms with van der Waals surface area (Å²) in [5.74, 6) is 0.0375. The minimum atomic E-state index is -3.64. The Bertz CT molecular complexity index is 1310. The van der Waals surface area contributed by atoms with E-state index in [4.69, 9.17) is 0 Å². The molecule has 1 heterocycles. The number of carbonyl (C=O) groups excluding carboxylic acids is 1. The predicted molar refractivity (Wildman–Crippen MR) is 143 cm³/mol. The Labute approximate surface area is 214 Å². The number of aromatic nitrogens is 1. The standard InChI is InChI=1S/C25H32BrN3O3S2/c1-6-13-29-22-12-9-20(26)14-23(22)33-25(29)27-24(30)19-7-10-21(11-8-19)34(31,32)28(15-17(2)3)16-18(4)5/h7-12,14,17-18H,6,13,15-16H2,1-5H3. The molecule has 0 radical (unpaired) electrons. The van der Waals surface area contributed by atoms with Crippen LogP contribution < -0.4 is 4.80 Å². The lowest BCUT2D eigenvalue weighted by Gasteiger charge is -2.25. The average Bonchev–Trinajstić information content (AvgIpc) is 3.09. The first-order valence-electron chi connectivity index (χ1n) is 11.5. The van der Waals surface area contributed by atoms with E-state index in [2.05, 4.69) is 32.4 Å². The van der Waals surface area contributed by atoms with Gasteiger partial charge in [0.25, 0.3) is 5.91 Å². The van der Waals surface area contributed by atoms with Crippen molar-refractivity contribution >= 4 is 53.4 Å². The number of hydrogen-bond donors (Lipinski definition) is 0. The first-order chi connectivity index (χ1) is 16.0. The zero-order chi connectivity index (χ0) is 25.0. The van der Waals surface area contributed by atoms with Crippen molar-refractivity contribution in [2.24, 2.45) is 16.8 Å². The third-order valence-electron chi connectivity index (χ3n) is 5.17. The van der Waals surface area contributed by atoms with Gasteiger partial charge in [0.2, 0.25) is 10.0 Å². The molecule has 0 N–H and O–H groups in total. The van der Waals surface area contributed by atoms with E-state index in [9.17, 15) is 13.2 Å². The van der Waals surface area contributed by atoms with Crippen molar-refractivity contribution in [1.29, 1.82) is 0 Å². The summed E-state index contributed by atoms with van der Waals surface area (Å²) in [4.78, 5) is 18.2. The average molecular weight is 567 g/mol. The van der Waals surface area contributed by atoms with Crippen molar-refractivity contribution in [2.75, 3.05) is 13.1 Å². The van der Waals surface area contributed by atoms with Crippen LogP contribution in [0.25, 0.3) is 10.2 Å². The molecule has 3 rings (SSSR count). The SMILES string of the molecule is CCCn1c(=NC(=O)c2ccc(S(=O)(=O)N(CC(C)C)CC(C)C)cc2)sc2cc(Br)ccc21. The molecule has 34 heavy (non-hydrogen) atoms. The molecule has 2 aromatic carbocycles. The lowest BCUT2D eigenvalue weighted by molar-refractivity contribution is 0.0997. The molecule has 0 bridgehead atoms. The second-order valence-corrected chi connectivity index (χ2v) is 13.1. The highest BCUT2D eigenvalue weighted by atomic mass is 79.9. The van der Waals surface area contributed by atoms with Crippen molar-refractivity contribution < 1.29 is 13.2 Å². The first kappa shape index (κ1) is 26.8. The van der Waals surface area contributed by atoms with Crippen LogP contribution in [0, 0.1) is 11.8 Å². The summed E-state index contributed by atoms with van der Waals surface area (Å²) in [7, 11) is -3.64. The maximum atomic E-state index is 13.2. The Morgan fingerprint density at radius 3 is 2.24 bits per heavy atom. The number of nitrogens with zero attached hydrogens (tertiary/aromatic N) is 3. The van der Waals surface area contributed by atoms with Gasteiger partial charge in [0.1, 0.15) is 0 Å². The molecule has 0 fully saturated rings. The van der Waals surface area contributed by atoms with Crippen LogP contribution in [0.2, 0.25) is 0 Å². The van der Waals surface area contributed by atoms with Gasteiger partial charge in [0, 0.05) is 29.7 Å². The molecule has 0 aliphatic heterocycles. The van der Waals surface area contributed by atoms with Crippen molar-refractivity contribution in [3.05, 3.63) is 57.3 Å². The minimum absolute atomic E-state index is 0.193. The number of fused-ring (bicyclic) bond motifs is 1. The van der Waals surface area contributed by atoms with E-state index in [0.29, 0.717) is 23.5 Å². The maximum absolute atomic E-state index is 13.2. The summed E-state index contributed by atoms with van der Waals surface area (Å²) in [6.45, 7) is 11.8. The number of thiazole rings is 1. The van der Waals surface area contributed by atoms with Crippen molar-refractivity contribution in [2.45, 2.75) is 52.5 Å². The minimum Gasteiger partial charge on any atom is -0.316 e. The molecule has 0 saturated carbocycles. The number of sulfonamides is 1. The van der Waals surface area contributed by atoms with Crippen molar-refractivity contribution in [3.63, 3.8) is 0 Å². The Kier molecular flexibility index (Phi) is 8.89. The fraction of sp³-hybridized carbons (Fsp3) is 0.440. The van der Waals surface area contributed by atoms with E-state index in [1.54, 1.807) is 12.1 Å². The molecule has 0 spiro atoms. The molecule has 0 aliphatic carbocycles. The highest BCUT2D eigenvalue weighted by molar-refractivity contribution is 9.10. The summed E-state index contributed by atoms with van der Waals surface area (Å²) < 4.78 is 32.1. The number of hydrogen-bond acceptors (Lipinski definition) is 4. The van der Waals surface area contributed by atoms with Crippen LogP contribution in [0.3, 0.4) is 0 Å². The maximum Gasteiger partial charge on any atom is 0.279 e. The third-order valence-corrected chi connectivity index (χ3v) is 8.55. The molecule has 0 unspecified atom stereocenters. The number of aryl methyl sites for hydroxylation is 1. The first-order valence-corrected chi connectivity index (χ1v) is 14.6. The van der Waals surface area contributed by atoms with Crippen LogP contribution in [0.4, 0.5) is 0 Å². The molecular weight excluding hydrogens is 534 g/mol. The smallest absolute Gasteiger partial charge is 0.279 e. The number of amides is 1. The molecule has 1 amide bonds. The molecule has 0 saturated heterocycles. The van der Waals surface area contributed by atoms with Crippen LogP contribution in [0.1, 0.15) is 51.4 Å². The lowest BCUT2D eigenvalue weighted by atomic mass is 10.2. The second-order valence-electron chi connectivity index (χ2n) is 9.20. The van der Waals surface area contributed by atoms with Gasteiger partial charge in [0.05, 0.1) is 15.1 Å². The van der Waals surface area contributed by atoms with Gasteiger partial charge in [-0.1, -0.05) is 61.9 Å². The molecule has 3 aromatic rings. The molecular formula is C25H32BrN3O3S2. The Morgan fingerprint density at radius 1 is 1.06 bits per heavy atom. The summed E-state index contributed by atoms with van der Waals surface area (Å²) in [5, 5.41) is 0. The zero-order valence-corrected chi connectivity index (χ0v) is 23.5. The van der Waals surface area contributed by atoms with Crippen LogP contribution in [0.5, 0.6) is 0 Å². The highest BCUT2D eigenvalue weighted by Gasteiger charge is 2.26. The summed E-state index contributed by atoms with van der Waals surface area (Å²) in [5.41, 5.74) is 1.40. The van der Waals surface area contributed by atoms with Crippen molar-refractivity contribution in [1.82, 2.24) is 8.87 Å². The molecule has 184 valence electrons. The Morgan fingerprint density at radius 2 is 1.68 bits per heavy atom. The number of carbonyl (C=O) groups is 1. The highest BCUT2D eigenvalue weighted by Crippen LogP contribution is 2.23. The van der Waals surface area contributed by atoms with Gasteiger partial charge >= 0.3 is 0 Å². The lowest BCUT2D eigenvalue weighted by Crippen LogP contribution is -2.37. The number of rotatable bonds is 9. The van der Waals surface area contributed by atoms with E-state index < -0.39 is 10.0 Å². The monoisotopic (exact) mass is 565 g/mol.